The van der Waals surface area contributed by atoms with Gasteiger partial charge in [0.25, 0.3) is 5.91 Å². The highest BCUT2D eigenvalue weighted by Crippen LogP contribution is 2.23. The Morgan fingerprint density at radius 3 is 2.46 bits per heavy atom. The molecule has 4 rings (SSSR count). The second-order valence-electron chi connectivity index (χ2n) is 6.48. The molecule has 0 saturated heterocycles. The fourth-order valence-electron chi connectivity index (χ4n) is 2.93. The van der Waals surface area contributed by atoms with E-state index in [1.807, 2.05) is 31.2 Å². The van der Waals surface area contributed by atoms with Crippen LogP contribution in [0.25, 0.3) is 22.1 Å². The van der Waals surface area contributed by atoms with Crippen LogP contribution in [-0.2, 0) is 0 Å². The minimum Gasteiger partial charge on any atom is -0.422 e. The largest absolute Gasteiger partial charge is 0.422 e. The zero-order valence-electron chi connectivity index (χ0n) is 15.0. The van der Waals surface area contributed by atoms with Crippen LogP contribution in [-0.4, -0.2) is 5.91 Å². The van der Waals surface area contributed by atoms with Crippen LogP contribution in [0.1, 0.15) is 15.9 Å². The van der Waals surface area contributed by atoms with E-state index in [9.17, 15) is 9.59 Å². The van der Waals surface area contributed by atoms with Crippen molar-refractivity contribution >= 4 is 34.2 Å². The Balaban J connectivity index is 1.59. The lowest BCUT2D eigenvalue weighted by atomic mass is 10.1. The van der Waals surface area contributed by atoms with Crippen molar-refractivity contribution in [3.63, 3.8) is 0 Å². The van der Waals surface area contributed by atoms with Crippen LogP contribution in [0.4, 0.5) is 5.69 Å². The summed E-state index contributed by atoms with van der Waals surface area (Å²) in [4.78, 5) is 24.7. The van der Waals surface area contributed by atoms with E-state index in [-0.39, 0.29) is 5.91 Å². The van der Waals surface area contributed by atoms with Gasteiger partial charge in [0, 0.05) is 21.7 Å². The van der Waals surface area contributed by atoms with Gasteiger partial charge in [0.15, 0.2) is 0 Å². The van der Waals surface area contributed by atoms with E-state index < -0.39 is 5.63 Å². The van der Waals surface area contributed by atoms with Crippen molar-refractivity contribution in [3.05, 3.63) is 99.4 Å². The van der Waals surface area contributed by atoms with Gasteiger partial charge < -0.3 is 9.73 Å². The van der Waals surface area contributed by atoms with Gasteiger partial charge >= 0.3 is 5.63 Å². The predicted octanol–water partition coefficient (Wildman–Crippen LogP) is 5.67. The number of anilines is 1. The third kappa shape index (κ3) is 3.55. The fourth-order valence-corrected chi connectivity index (χ4v) is 3.11. The molecule has 0 spiro atoms. The lowest BCUT2D eigenvalue weighted by molar-refractivity contribution is 0.102. The first kappa shape index (κ1) is 18.0. The maximum Gasteiger partial charge on any atom is 0.344 e. The van der Waals surface area contributed by atoms with Crippen molar-refractivity contribution in [2.75, 3.05) is 5.32 Å². The van der Waals surface area contributed by atoms with Gasteiger partial charge in [-0.2, -0.15) is 0 Å². The van der Waals surface area contributed by atoms with E-state index in [4.69, 9.17) is 16.0 Å². The maximum atomic E-state index is 12.4. The Kier molecular flexibility index (Phi) is 4.72. The van der Waals surface area contributed by atoms with Crippen LogP contribution in [0.3, 0.4) is 0 Å². The van der Waals surface area contributed by atoms with Crippen molar-refractivity contribution in [1.29, 1.82) is 0 Å². The summed E-state index contributed by atoms with van der Waals surface area (Å²) >= 11 is 6.09. The van der Waals surface area contributed by atoms with Gasteiger partial charge in [-0.1, -0.05) is 48.0 Å². The number of halogens is 1. The molecule has 1 heterocycles. The summed E-state index contributed by atoms with van der Waals surface area (Å²) in [6, 6.07) is 21.4. The lowest BCUT2D eigenvalue weighted by Crippen LogP contribution is -2.12. The van der Waals surface area contributed by atoms with Crippen molar-refractivity contribution < 1.29 is 9.21 Å². The molecule has 28 heavy (non-hydrogen) atoms. The number of hydrogen-bond donors (Lipinski definition) is 1. The quantitative estimate of drug-likeness (QED) is 0.459. The Bertz CT molecular complexity index is 1240. The topological polar surface area (TPSA) is 59.3 Å². The number of benzene rings is 3. The minimum atomic E-state index is -0.398. The number of fused-ring (bicyclic) bond motifs is 1. The van der Waals surface area contributed by atoms with E-state index in [0.717, 1.165) is 16.5 Å². The summed E-state index contributed by atoms with van der Waals surface area (Å²) in [5.41, 5.74) is 3.36. The zero-order valence-corrected chi connectivity index (χ0v) is 15.8. The standard InChI is InChI=1S/C23H16ClNO3/c1-14-6-7-17(13-20(14)24)22(26)25-18-10-8-15(9-11-18)19-12-16-4-2-3-5-21(16)28-23(19)27/h2-13H,1H3,(H,25,26). The summed E-state index contributed by atoms with van der Waals surface area (Å²) in [6.45, 7) is 1.88. The molecule has 0 bridgehead atoms. The van der Waals surface area contributed by atoms with Gasteiger partial charge in [-0.05, 0) is 54.4 Å². The molecule has 4 nitrogen and oxygen atoms in total. The van der Waals surface area contributed by atoms with Gasteiger partial charge in [0.2, 0.25) is 0 Å². The van der Waals surface area contributed by atoms with Crippen molar-refractivity contribution in [3.8, 4) is 11.1 Å². The number of para-hydroxylation sites is 1. The van der Waals surface area contributed by atoms with Crippen molar-refractivity contribution in [2.24, 2.45) is 0 Å². The first-order valence-electron chi connectivity index (χ1n) is 8.72. The number of amides is 1. The van der Waals surface area contributed by atoms with E-state index in [2.05, 4.69) is 5.32 Å². The van der Waals surface area contributed by atoms with E-state index >= 15 is 0 Å². The molecule has 0 aliphatic carbocycles. The van der Waals surface area contributed by atoms with Crippen LogP contribution in [0.15, 0.2) is 82.0 Å². The summed E-state index contributed by atoms with van der Waals surface area (Å²) in [7, 11) is 0. The molecule has 1 amide bonds. The van der Waals surface area contributed by atoms with Crippen molar-refractivity contribution in [2.45, 2.75) is 6.92 Å². The molecule has 1 aromatic heterocycles. The molecule has 1 N–H and O–H groups in total. The first-order chi connectivity index (χ1) is 13.5. The average Bonchev–Trinajstić information content (AvgIpc) is 2.70. The molecule has 0 saturated carbocycles. The van der Waals surface area contributed by atoms with Gasteiger partial charge in [0.05, 0.1) is 5.56 Å². The van der Waals surface area contributed by atoms with Crippen LogP contribution < -0.4 is 10.9 Å². The van der Waals surface area contributed by atoms with Crippen molar-refractivity contribution in [1.82, 2.24) is 0 Å². The molecule has 138 valence electrons. The van der Waals surface area contributed by atoms with Crippen LogP contribution in [0.5, 0.6) is 0 Å². The normalized spacial score (nSPS) is 10.8. The Morgan fingerprint density at radius 1 is 0.964 bits per heavy atom. The lowest BCUT2D eigenvalue weighted by Gasteiger charge is -2.08. The molecule has 0 aliphatic rings. The number of aryl methyl sites for hydroxylation is 1. The Labute approximate surface area is 166 Å². The first-order valence-corrected chi connectivity index (χ1v) is 9.10. The summed E-state index contributed by atoms with van der Waals surface area (Å²) in [5, 5.41) is 4.23. The summed E-state index contributed by atoms with van der Waals surface area (Å²) in [6.07, 6.45) is 0. The van der Waals surface area contributed by atoms with Crippen LogP contribution in [0.2, 0.25) is 5.02 Å². The number of carbonyl (C=O) groups is 1. The minimum absolute atomic E-state index is 0.250. The number of hydrogen-bond acceptors (Lipinski definition) is 3. The summed E-state index contributed by atoms with van der Waals surface area (Å²) in [5.74, 6) is -0.250. The predicted molar refractivity (Wildman–Crippen MR) is 112 cm³/mol. The Morgan fingerprint density at radius 2 is 1.71 bits per heavy atom. The molecular weight excluding hydrogens is 374 g/mol. The van der Waals surface area contributed by atoms with Gasteiger partial charge in [-0.3, -0.25) is 4.79 Å². The highest BCUT2D eigenvalue weighted by molar-refractivity contribution is 6.31. The van der Waals surface area contributed by atoms with E-state index in [1.165, 1.54) is 0 Å². The maximum absolute atomic E-state index is 12.4. The Hall–Kier alpha value is -3.37. The second-order valence-corrected chi connectivity index (χ2v) is 6.89. The smallest absolute Gasteiger partial charge is 0.344 e. The number of nitrogens with one attached hydrogen (secondary N) is 1. The third-order valence-corrected chi connectivity index (χ3v) is 4.94. The SMILES string of the molecule is Cc1ccc(C(=O)Nc2ccc(-c3cc4ccccc4oc3=O)cc2)cc1Cl. The summed E-state index contributed by atoms with van der Waals surface area (Å²) < 4.78 is 5.38. The van der Waals surface area contributed by atoms with Gasteiger partial charge in [0.1, 0.15) is 5.58 Å². The molecule has 0 aliphatic heterocycles. The third-order valence-electron chi connectivity index (χ3n) is 4.53. The van der Waals surface area contributed by atoms with E-state index in [1.54, 1.807) is 48.5 Å². The number of carbonyl (C=O) groups excluding carboxylic acids is 1. The average molecular weight is 390 g/mol. The molecule has 0 fully saturated rings. The molecule has 5 heteroatoms. The molecule has 4 aromatic rings. The molecule has 3 aromatic carbocycles. The van der Waals surface area contributed by atoms with Gasteiger partial charge in [-0.15, -0.1) is 0 Å². The molecule has 0 radical (unpaired) electrons. The fraction of sp³-hybridized carbons (Fsp3) is 0.0435. The van der Waals surface area contributed by atoms with E-state index in [0.29, 0.717) is 27.4 Å². The highest BCUT2D eigenvalue weighted by Gasteiger charge is 2.10. The molecule has 0 unspecified atom stereocenters. The highest BCUT2D eigenvalue weighted by atomic mass is 35.5. The molecule has 0 atom stereocenters. The zero-order chi connectivity index (χ0) is 19.7. The van der Waals surface area contributed by atoms with Gasteiger partial charge in [-0.25, -0.2) is 4.79 Å². The molecular formula is C23H16ClNO3. The monoisotopic (exact) mass is 389 g/mol. The van der Waals surface area contributed by atoms with Crippen LogP contribution in [0, 0.1) is 6.92 Å². The number of rotatable bonds is 3. The van der Waals surface area contributed by atoms with Crippen LogP contribution >= 0.6 is 11.6 Å². The second kappa shape index (κ2) is 7.33.